The van der Waals surface area contributed by atoms with Crippen LogP contribution in [0.5, 0.6) is 0 Å². The molecule has 2 unspecified atom stereocenters. The minimum Gasteiger partial charge on any atom is -0.355 e. The van der Waals surface area contributed by atoms with Gasteiger partial charge < -0.3 is 4.90 Å². The molecule has 0 radical (unpaired) electrons. The lowest BCUT2D eigenvalue weighted by molar-refractivity contribution is 0.320. The maximum absolute atomic E-state index is 4.83. The van der Waals surface area contributed by atoms with E-state index in [0.717, 1.165) is 22.0 Å². The third-order valence-corrected chi connectivity index (χ3v) is 5.65. The Kier molecular flexibility index (Phi) is 3.85. The van der Waals surface area contributed by atoms with Crippen molar-refractivity contribution in [3.8, 4) is 0 Å². The molecule has 2 atom stereocenters. The van der Waals surface area contributed by atoms with Gasteiger partial charge in [0.25, 0.3) is 0 Å². The third-order valence-electron chi connectivity index (χ3n) is 4.36. The fourth-order valence-electron chi connectivity index (χ4n) is 3.26. The largest absolute Gasteiger partial charge is 0.355 e. The first-order valence-corrected chi connectivity index (χ1v) is 8.95. The van der Waals surface area contributed by atoms with Gasteiger partial charge in [0.1, 0.15) is 0 Å². The number of aromatic nitrogens is 2. The maximum atomic E-state index is 4.83. The smallest absolute Gasteiger partial charge is 0.195 e. The molecule has 2 aromatic rings. The molecule has 2 heterocycles. The highest BCUT2D eigenvalue weighted by atomic mass is 79.9. The molecule has 1 fully saturated rings. The van der Waals surface area contributed by atoms with Gasteiger partial charge >= 0.3 is 0 Å². The zero-order valence-electron chi connectivity index (χ0n) is 11.5. The lowest BCUT2D eigenvalue weighted by atomic mass is 9.85. The molecule has 1 aliphatic carbocycles. The summed E-state index contributed by atoms with van der Waals surface area (Å²) < 4.78 is 2.21. The minimum absolute atomic E-state index is 0.635. The van der Waals surface area contributed by atoms with Crippen LogP contribution in [-0.4, -0.2) is 22.5 Å². The minimum atomic E-state index is 0.635. The van der Waals surface area contributed by atoms with Crippen molar-refractivity contribution in [3.05, 3.63) is 17.3 Å². The second-order valence-electron chi connectivity index (χ2n) is 5.51. The van der Waals surface area contributed by atoms with Crippen molar-refractivity contribution >= 4 is 38.0 Å². The van der Waals surface area contributed by atoms with Gasteiger partial charge in [-0.1, -0.05) is 35.7 Å². The molecule has 2 aromatic heterocycles. The van der Waals surface area contributed by atoms with E-state index in [1.54, 1.807) is 11.3 Å². The SMILES string of the molecule is CC1CCCCC1N(C)c1nc2sccn2c1CBr. The van der Waals surface area contributed by atoms with Crippen LogP contribution in [0.2, 0.25) is 0 Å². The molecular weight excluding hydrogens is 322 g/mol. The number of imidazole rings is 1. The Balaban J connectivity index is 1.95. The van der Waals surface area contributed by atoms with Gasteiger partial charge in [0, 0.05) is 30.0 Å². The van der Waals surface area contributed by atoms with Crippen LogP contribution in [0.3, 0.4) is 0 Å². The summed E-state index contributed by atoms with van der Waals surface area (Å²) in [5, 5.41) is 2.95. The van der Waals surface area contributed by atoms with Crippen molar-refractivity contribution in [2.75, 3.05) is 11.9 Å². The molecule has 0 bridgehead atoms. The van der Waals surface area contributed by atoms with E-state index in [1.165, 1.54) is 31.4 Å². The fourth-order valence-corrected chi connectivity index (χ4v) is 4.51. The first kappa shape index (κ1) is 13.4. The number of rotatable bonds is 3. The van der Waals surface area contributed by atoms with Gasteiger partial charge in [-0.2, -0.15) is 0 Å². The van der Waals surface area contributed by atoms with Crippen molar-refractivity contribution in [1.29, 1.82) is 0 Å². The van der Waals surface area contributed by atoms with Gasteiger partial charge in [-0.05, 0) is 18.8 Å². The highest BCUT2D eigenvalue weighted by Crippen LogP contribution is 2.33. The molecule has 19 heavy (non-hydrogen) atoms. The number of hydrogen-bond donors (Lipinski definition) is 0. The fraction of sp³-hybridized carbons (Fsp3) is 0.643. The van der Waals surface area contributed by atoms with E-state index in [2.05, 4.69) is 50.8 Å². The number of nitrogens with zero attached hydrogens (tertiary/aromatic N) is 3. The summed E-state index contributed by atoms with van der Waals surface area (Å²) >= 11 is 5.32. The van der Waals surface area contributed by atoms with E-state index >= 15 is 0 Å². The van der Waals surface area contributed by atoms with Crippen LogP contribution >= 0.6 is 27.3 Å². The van der Waals surface area contributed by atoms with Crippen LogP contribution < -0.4 is 4.90 Å². The van der Waals surface area contributed by atoms with Gasteiger partial charge in [0.15, 0.2) is 10.8 Å². The van der Waals surface area contributed by atoms with Crippen LogP contribution in [0, 0.1) is 5.92 Å². The lowest BCUT2D eigenvalue weighted by Crippen LogP contribution is -2.39. The van der Waals surface area contributed by atoms with Crippen molar-refractivity contribution in [3.63, 3.8) is 0 Å². The molecule has 5 heteroatoms. The Morgan fingerprint density at radius 2 is 2.26 bits per heavy atom. The van der Waals surface area contributed by atoms with Gasteiger partial charge in [-0.3, -0.25) is 4.40 Å². The third kappa shape index (κ3) is 2.31. The normalized spacial score (nSPS) is 23.9. The van der Waals surface area contributed by atoms with Gasteiger partial charge in [0.05, 0.1) is 5.69 Å². The van der Waals surface area contributed by atoms with E-state index in [-0.39, 0.29) is 0 Å². The summed E-state index contributed by atoms with van der Waals surface area (Å²) in [6, 6.07) is 0.635. The Bertz CT molecular complexity index is 562. The summed E-state index contributed by atoms with van der Waals surface area (Å²) in [6.07, 6.45) is 7.50. The molecule has 0 saturated heterocycles. The van der Waals surface area contributed by atoms with E-state index < -0.39 is 0 Å². The quantitative estimate of drug-likeness (QED) is 0.775. The maximum Gasteiger partial charge on any atom is 0.195 e. The van der Waals surface area contributed by atoms with Crippen LogP contribution in [0.25, 0.3) is 4.96 Å². The predicted molar refractivity (Wildman–Crippen MR) is 85.5 cm³/mol. The zero-order chi connectivity index (χ0) is 13.4. The average molecular weight is 342 g/mol. The van der Waals surface area contributed by atoms with E-state index in [9.17, 15) is 0 Å². The molecule has 3 nitrogen and oxygen atoms in total. The first-order chi connectivity index (χ1) is 9.22. The second kappa shape index (κ2) is 5.44. The Labute approximate surface area is 126 Å². The molecule has 0 spiro atoms. The van der Waals surface area contributed by atoms with Gasteiger partial charge in [0.2, 0.25) is 0 Å². The van der Waals surface area contributed by atoms with Crippen molar-refractivity contribution in [2.24, 2.45) is 5.92 Å². The van der Waals surface area contributed by atoms with Crippen LogP contribution in [0.4, 0.5) is 5.82 Å². The Morgan fingerprint density at radius 1 is 1.47 bits per heavy atom. The van der Waals surface area contributed by atoms with E-state index in [1.807, 2.05) is 0 Å². The average Bonchev–Trinajstić information content (AvgIpc) is 2.98. The second-order valence-corrected chi connectivity index (χ2v) is 6.95. The predicted octanol–water partition coefficient (Wildman–Crippen LogP) is 4.31. The number of alkyl halides is 1. The summed E-state index contributed by atoms with van der Waals surface area (Å²) in [7, 11) is 2.21. The van der Waals surface area contributed by atoms with E-state index in [0.29, 0.717) is 6.04 Å². The summed E-state index contributed by atoms with van der Waals surface area (Å²) in [5.41, 5.74) is 1.27. The number of anilines is 1. The molecule has 0 amide bonds. The zero-order valence-corrected chi connectivity index (χ0v) is 13.9. The van der Waals surface area contributed by atoms with Crippen molar-refractivity contribution in [1.82, 2.24) is 9.38 Å². The van der Waals surface area contributed by atoms with Crippen molar-refractivity contribution in [2.45, 2.75) is 44.0 Å². The number of hydrogen-bond acceptors (Lipinski definition) is 3. The van der Waals surface area contributed by atoms with Crippen LogP contribution in [0.1, 0.15) is 38.3 Å². The lowest BCUT2D eigenvalue weighted by Gasteiger charge is -2.36. The number of halogens is 1. The highest BCUT2D eigenvalue weighted by molar-refractivity contribution is 9.08. The molecule has 0 N–H and O–H groups in total. The molecule has 3 rings (SSSR count). The topological polar surface area (TPSA) is 20.5 Å². The van der Waals surface area contributed by atoms with Crippen molar-refractivity contribution < 1.29 is 0 Å². The van der Waals surface area contributed by atoms with Gasteiger partial charge in [-0.15, -0.1) is 11.3 Å². The number of fused-ring (bicyclic) bond motifs is 1. The van der Waals surface area contributed by atoms with Crippen LogP contribution in [0.15, 0.2) is 11.6 Å². The molecule has 104 valence electrons. The molecule has 0 aromatic carbocycles. The molecule has 0 aliphatic heterocycles. The Hall–Kier alpha value is -0.550. The molecule has 1 saturated carbocycles. The number of thiazole rings is 1. The summed E-state index contributed by atoms with van der Waals surface area (Å²) in [4.78, 5) is 8.34. The monoisotopic (exact) mass is 341 g/mol. The summed E-state index contributed by atoms with van der Waals surface area (Å²) in [6.45, 7) is 2.38. The first-order valence-electron chi connectivity index (χ1n) is 6.95. The Morgan fingerprint density at radius 3 is 3.00 bits per heavy atom. The highest BCUT2D eigenvalue weighted by Gasteiger charge is 2.28. The van der Waals surface area contributed by atoms with Gasteiger partial charge in [-0.25, -0.2) is 4.98 Å². The van der Waals surface area contributed by atoms with Crippen LogP contribution in [-0.2, 0) is 5.33 Å². The molecular formula is C14H20BrN3S. The van der Waals surface area contributed by atoms with E-state index in [4.69, 9.17) is 4.98 Å². The molecule has 1 aliphatic rings. The summed E-state index contributed by atoms with van der Waals surface area (Å²) in [5.74, 6) is 1.92. The standard InChI is InChI=1S/C14H20BrN3S/c1-10-5-3-4-6-11(10)17(2)13-12(9-15)18-7-8-19-14(18)16-13/h7-8,10-11H,3-6,9H2,1-2H3.